The van der Waals surface area contributed by atoms with Crippen molar-refractivity contribution in [2.75, 3.05) is 0 Å². The van der Waals surface area contributed by atoms with E-state index in [1.54, 1.807) is 0 Å². The summed E-state index contributed by atoms with van der Waals surface area (Å²) in [4.78, 5) is 53.2. The molecule has 6 aromatic carbocycles. The topological polar surface area (TPSA) is 591 Å². The van der Waals surface area contributed by atoms with Gasteiger partial charge in [-0.2, -0.15) is 50.5 Å². The normalized spacial score (nSPS) is 13.3. The summed E-state index contributed by atoms with van der Waals surface area (Å²) in [6.45, 7) is 2.65. The van der Waals surface area contributed by atoms with E-state index in [9.17, 15) is 117 Å². The van der Waals surface area contributed by atoms with Crippen molar-refractivity contribution in [3.8, 4) is 11.4 Å². The molecule has 500 valence electrons. The quantitative estimate of drug-likeness (QED) is 0.0101. The Morgan fingerprint density at radius 3 is 0.990 bits per heavy atom. The van der Waals surface area contributed by atoms with E-state index in [0.29, 0.717) is 12.1 Å². The predicted octanol–water partition coefficient (Wildman–Crippen LogP) is 7.74. The first-order chi connectivity index (χ1) is 44.5. The summed E-state index contributed by atoms with van der Waals surface area (Å²) in [5, 5.41) is 60.5. The third-order valence-electron chi connectivity index (χ3n) is 13.0. The number of nitrogens with one attached hydrogen (secondary N) is 2. The Morgan fingerprint density at radius 1 is 0.396 bits per heavy atom. The lowest BCUT2D eigenvalue weighted by Gasteiger charge is -2.08. The number of rotatable bonds is 22. The first kappa shape index (κ1) is 71.0. The number of aliphatic hydroxyl groups is 2. The van der Waals surface area contributed by atoms with E-state index in [0.717, 1.165) is 131 Å². The number of aromatic carboxylic acids is 2. The summed E-state index contributed by atoms with van der Waals surface area (Å²) in [6, 6.07) is 16.5. The lowest BCUT2D eigenvalue weighted by atomic mass is 10.1. The number of benzene rings is 6. The van der Waals surface area contributed by atoms with E-state index in [4.69, 9.17) is 0 Å². The second kappa shape index (κ2) is 26.8. The van der Waals surface area contributed by atoms with Crippen molar-refractivity contribution in [2.24, 2.45) is 30.4 Å². The lowest BCUT2D eigenvalue weighted by Crippen LogP contribution is -2.15. The fraction of sp³-hybridized carbons (Fsp3) is 0.0370. The van der Waals surface area contributed by atoms with Crippen molar-refractivity contribution in [1.29, 1.82) is 0 Å². The molecule has 0 fully saturated rings. The van der Waals surface area contributed by atoms with Crippen LogP contribution in [-0.2, 0) is 60.7 Å². The molecule has 0 bridgehead atoms. The third kappa shape index (κ3) is 16.5. The Kier molecular flexibility index (Phi) is 19.8. The first-order valence-electron chi connectivity index (χ1n) is 25.7. The van der Waals surface area contributed by atoms with Gasteiger partial charge >= 0.3 is 11.9 Å². The zero-order chi connectivity index (χ0) is 70.9. The number of hydrogen-bond donors (Lipinski definition) is 12. The van der Waals surface area contributed by atoms with E-state index in [1.807, 2.05) is 0 Å². The van der Waals surface area contributed by atoms with Crippen LogP contribution in [0.3, 0.4) is 0 Å². The molecule has 0 unspecified atom stereocenters. The van der Waals surface area contributed by atoms with Crippen LogP contribution in [0.2, 0.25) is 0 Å². The largest absolute Gasteiger partial charge is 0.493 e. The van der Waals surface area contributed by atoms with E-state index in [-0.39, 0.29) is 56.4 Å². The molecule has 36 nitrogen and oxygen atoms in total. The molecule has 0 atom stereocenters. The molecule has 0 aliphatic heterocycles. The number of aromatic amines is 2. The highest BCUT2D eigenvalue weighted by Crippen LogP contribution is 2.32. The number of nitrogens with zero attached hydrogens (tertiary/aromatic N) is 8. The molecule has 8 aromatic rings. The van der Waals surface area contributed by atoms with Gasteiger partial charge in [-0.1, -0.05) is 48.6 Å². The molecule has 0 aliphatic carbocycles. The first-order valence-corrected chi connectivity index (χ1v) is 34.4. The van der Waals surface area contributed by atoms with Gasteiger partial charge in [0.25, 0.3) is 71.8 Å². The van der Waals surface area contributed by atoms with Gasteiger partial charge < -0.3 is 20.4 Å². The van der Waals surface area contributed by atoms with Crippen LogP contribution in [0.15, 0.2) is 191 Å². The maximum Gasteiger partial charge on any atom is 0.338 e. The van der Waals surface area contributed by atoms with Crippen molar-refractivity contribution in [3.05, 3.63) is 187 Å². The zero-order valence-corrected chi connectivity index (χ0v) is 52.8. The third-order valence-corrected chi connectivity index (χ3v) is 18.3. The van der Waals surface area contributed by atoms with Gasteiger partial charge in [0.1, 0.15) is 31.0 Å². The van der Waals surface area contributed by atoms with E-state index in [2.05, 4.69) is 40.6 Å². The van der Waals surface area contributed by atoms with Crippen molar-refractivity contribution >= 4 is 143 Å². The summed E-state index contributed by atoms with van der Waals surface area (Å²) in [7, 11) is -30.3. The number of azo groups is 2. The van der Waals surface area contributed by atoms with Gasteiger partial charge in [0.15, 0.2) is 11.4 Å². The van der Waals surface area contributed by atoms with Gasteiger partial charge in [0.05, 0.1) is 55.1 Å². The SMILES string of the molecule is Cc1[nH]n(-c2ccc(C=Cc3ccc(N=C(O)C=CC(O)=Nc4ccc(C=Cc5ccc(-n6[nH]c(C)c(N=Nc7ccc(S(=O)(=O)O)cc7C(=O)O)c6=O)cc5S(=O)(=O)O)c(S(=O)(=O)O)c4)cc3S(=O)(=O)O)c(S(=O)(=O)O)c2)c(=O)c1N=Nc1ccc(S(=O)(=O)O)cc1C(=O)O. The fourth-order valence-corrected chi connectivity index (χ4v) is 12.4. The van der Waals surface area contributed by atoms with Gasteiger partial charge in [-0.15, -0.1) is 20.5 Å². The van der Waals surface area contributed by atoms with Gasteiger partial charge in [0.2, 0.25) is 11.8 Å². The maximum atomic E-state index is 13.5. The zero-order valence-electron chi connectivity index (χ0n) is 47.9. The van der Waals surface area contributed by atoms with Crippen molar-refractivity contribution < 1.29 is 108 Å². The second-order valence-electron chi connectivity index (χ2n) is 19.5. The molecule has 2 aromatic heterocycles. The van der Waals surface area contributed by atoms with Gasteiger partial charge in [-0.3, -0.25) is 47.1 Å². The summed E-state index contributed by atoms with van der Waals surface area (Å²) in [5.41, 5.74) is -7.71. The van der Waals surface area contributed by atoms with Crippen LogP contribution in [0.4, 0.5) is 34.1 Å². The Morgan fingerprint density at radius 2 is 0.698 bits per heavy atom. The molecule has 2 heterocycles. The van der Waals surface area contributed by atoms with Crippen molar-refractivity contribution in [1.82, 2.24) is 19.6 Å². The monoisotopic (exact) mass is 1440 g/mol. The molecule has 0 spiro atoms. The smallest absolute Gasteiger partial charge is 0.338 e. The number of aliphatic imine (C=N–C) groups is 2. The van der Waals surface area contributed by atoms with Crippen LogP contribution in [0.5, 0.6) is 0 Å². The van der Waals surface area contributed by atoms with Crippen LogP contribution in [0.25, 0.3) is 35.7 Å². The fourth-order valence-electron chi connectivity index (χ4n) is 8.55. The Labute approximate surface area is 539 Å². The Hall–Kier alpha value is -10.9. The molecule has 0 saturated carbocycles. The summed E-state index contributed by atoms with van der Waals surface area (Å²) >= 11 is 0. The average molecular weight is 1440 g/mol. The molecule has 0 saturated heterocycles. The van der Waals surface area contributed by atoms with Crippen LogP contribution < -0.4 is 11.1 Å². The Bertz CT molecular complexity index is 5360. The minimum atomic E-state index is -5.16. The van der Waals surface area contributed by atoms with Crippen LogP contribution in [0.1, 0.15) is 54.4 Å². The molecule has 42 heteroatoms. The molecule has 96 heavy (non-hydrogen) atoms. The molecular formula is C54H42N10O26S6. The Balaban J connectivity index is 0.998. The number of aryl methyl sites for hydroxylation is 2. The number of hydrogen-bond acceptors (Lipinski definition) is 22. The number of carbonyl (C=O) groups is 2. The molecule has 0 amide bonds. The number of H-pyrrole nitrogens is 2. The highest BCUT2D eigenvalue weighted by molar-refractivity contribution is 7.87. The minimum Gasteiger partial charge on any atom is -0.493 e. The molecule has 8 rings (SSSR count). The highest BCUT2D eigenvalue weighted by Gasteiger charge is 2.25. The van der Waals surface area contributed by atoms with Crippen LogP contribution in [-0.4, -0.2) is 142 Å². The van der Waals surface area contributed by atoms with E-state index in [1.165, 1.54) is 26.0 Å². The summed E-state index contributed by atoms with van der Waals surface area (Å²) < 4.78 is 208. The highest BCUT2D eigenvalue weighted by atomic mass is 32.2. The average Bonchev–Trinajstić information content (AvgIpc) is 1.54. The number of aliphatic hydroxyl groups excluding tert-OH is 2. The molecule has 12 N–H and O–H groups in total. The molecule has 0 aliphatic rings. The predicted molar refractivity (Wildman–Crippen MR) is 336 cm³/mol. The summed E-state index contributed by atoms with van der Waals surface area (Å²) in [6.07, 6.45) is 5.40. The minimum absolute atomic E-state index is 0.0102. The van der Waals surface area contributed by atoms with Gasteiger partial charge in [-0.05, 0) is 121 Å². The van der Waals surface area contributed by atoms with Crippen molar-refractivity contribution in [2.45, 2.75) is 43.2 Å². The molecule has 0 radical (unpaired) electrons. The van der Waals surface area contributed by atoms with Crippen LogP contribution in [0, 0.1) is 13.8 Å². The van der Waals surface area contributed by atoms with E-state index >= 15 is 0 Å². The number of aromatic nitrogens is 4. The second-order valence-corrected chi connectivity index (χ2v) is 27.9. The number of carboxylic acid groups (broad SMARTS) is 2. The summed E-state index contributed by atoms with van der Waals surface area (Å²) in [5.74, 6) is -5.25. The maximum absolute atomic E-state index is 13.5. The standard InChI is InChI=1S/C54H42N10O26S6/c1-27-49(59-57-41-17-15-37(91(73,74)75)25-39(41)53(69)70)51(67)63(61-27)35-13-9-31(45(23-35)95(85,86)87)5-3-29-7-11-33(21-43(29)93(79,80)81)55-47(65)19-20-48(66)56-34-12-8-30(44(22-34)94(82,83)84)4-6-32-10-14-36(24-46(32)96(88,89)90)64-52(68)50(28(2)62-64)60-58-42-18-16-38(92(76,77)78)26-40(42)54(71)72/h3-26,61-62H,1-2H3,(H,55,65)(H,56,66)(H,69,70)(H,71,72)(H,73,74,75)(H,76,77,78)(H,79,80,81)(H,82,83,84)(H,85,86,87)(H,88,89,90). The molecular weight excluding hydrogens is 1400 g/mol. The van der Waals surface area contributed by atoms with Gasteiger partial charge in [0, 0.05) is 12.2 Å². The van der Waals surface area contributed by atoms with E-state index < -0.39 is 159 Å². The van der Waals surface area contributed by atoms with Crippen molar-refractivity contribution in [3.63, 3.8) is 0 Å². The number of carboxylic acids is 2. The van der Waals surface area contributed by atoms with Gasteiger partial charge in [-0.25, -0.2) is 28.9 Å². The lowest BCUT2D eigenvalue weighted by molar-refractivity contribution is 0.0686. The van der Waals surface area contributed by atoms with Crippen LogP contribution >= 0.6 is 0 Å².